The lowest BCUT2D eigenvalue weighted by atomic mass is 10.1. The molecule has 1 aromatic carbocycles. The molecule has 1 aliphatic rings. The van der Waals surface area contributed by atoms with Crippen molar-refractivity contribution >= 4 is 15.9 Å². The van der Waals surface area contributed by atoms with E-state index in [0.29, 0.717) is 12.6 Å². The summed E-state index contributed by atoms with van der Waals surface area (Å²) in [6.45, 7) is 6.22. The largest absolute Gasteiger partial charge is 0.309 e. The highest BCUT2D eigenvalue weighted by atomic mass is 79.9. The average molecular weight is 329 g/mol. The maximum atomic E-state index is 13.6. The van der Waals surface area contributed by atoms with Crippen LogP contribution in [0.3, 0.4) is 0 Å². The zero-order valence-corrected chi connectivity index (χ0v) is 13.0. The van der Waals surface area contributed by atoms with Crippen molar-refractivity contribution in [1.29, 1.82) is 0 Å². The van der Waals surface area contributed by atoms with Gasteiger partial charge in [0.15, 0.2) is 0 Å². The first kappa shape index (κ1) is 14.9. The molecule has 1 aliphatic heterocycles. The van der Waals surface area contributed by atoms with Crippen LogP contribution in [0, 0.1) is 5.82 Å². The Balaban J connectivity index is 1.79. The SMILES string of the molecule is CC(CN1CCCCC1)NCc1cc(Br)ccc1F. The van der Waals surface area contributed by atoms with Gasteiger partial charge in [0, 0.05) is 29.2 Å². The lowest BCUT2D eigenvalue weighted by Gasteiger charge is -2.29. The molecule has 0 aliphatic carbocycles. The fraction of sp³-hybridized carbons (Fsp3) is 0.600. The van der Waals surface area contributed by atoms with Gasteiger partial charge in [-0.3, -0.25) is 0 Å². The van der Waals surface area contributed by atoms with Gasteiger partial charge in [-0.25, -0.2) is 4.39 Å². The zero-order valence-electron chi connectivity index (χ0n) is 11.5. The minimum Gasteiger partial charge on any atom is -0.309 e. The first-order valence-corrected chi connectivity index (χ1v) is 7.84. The maximum absolute atomic E-state index is 13.6. The van der Waals surface area contributed by atoms with Crippen molar-refractivity contribution in [2.24, 2.45) is 0 Å². The van der Waals surface area contributed by atoms with E-state index in [1.165, 1.54) is 38.4 Å². The Morgan fingerprint density at radius 2 is 2.05 bits per heavy atom. The van der Waals surface area contributed by atoms with Crippen LogP contribution < -0.4 is 5.32 Å². The van der Waals surface area contributed by atoms with E-state index < -0.39 is 0 Å². The Hall–Kier alpha value is -0.450. The van der Waals surface area contributed by atoms with Crippen molar-refractivity contribution < 1.29 is 4.39 Å². The molecule has 2 rings (SSSR count). The van der Waals surface area contributed by atoms with Crippen LogP contribution in [0.15, 0.2) is 22.7 Å². The second kappa shape index (κ2) is 7.36. The van der Waals surface area contributed by atoms with Crippen LogP contribution in [0.4, 0.5) is 4.39 Å². The van der Waals surface area contributed by atoms with Crippen LogP contribution in [0.5, 0.6) is 0 Å². The molecular formula is C15H22BrFN2. The van der Waals surface area contributed by atoms with Crippen LogP contribution >= 0.6 is 15.9 Å². The summed E-state index contributed by atoms with van der Waals surface area (Å²) in [5, 5.41) is 3.41. The Morgan fingerprint density at radius 1 is 1.32 bits per heavy atom. The molecule has 106 valence electrons. The monoisotopic (exact) mass is 328 g/mol. The minimum atomic E-state index is -0.138. The Bertz CT molecular complexity index is 405. The molecule has 1 atom stereocenters. The molecule has 1 fully saturated rings. The van der Waals surface area contributed by atoms with E-state index in [0.717, 1.165) is 16.6 Å². The average Bonchev–Trinajstić information content (AvgIpc) is 2.41. The van der Waals surface area contributed by atoms with Crippen molar-refractivity contribution in [2.45, 2.75) is 38.8 Å². The Morgan fingerprint density at radius 3 is 2.79 bits per heavy atom. The fourth-order valence-electron chi connectivity index (χ4n) is 2.56. The number of rotatable bonds is 5. The highest BCUT2D eigenvalue weighted by molar-refractivity contribution is 9.10. The van der Waals surface area contributed by atoms with Gasteiger partial charge in [0.25, 0.3) is 0 Å². The quantitative estimate of drug-likeness (QED) is 0.889. The normalized spacial score (nSPS) is 18.5. The van der Waals surface area contributed by atoms with Crippen molar-refractivity contribution in [3.05, 3.63) is 34.1 Å². The highest BCUT2D eigenvalue weighted by Gasteiger charge is 2.13. The fourth-order valence-corrected chi connectivity index (χ4v) is 2.97. The van der Waals surface area contributed by atoms with Crippen LogP contribution in [-0.4, -0.2) is 30.6 Å². The van der Waals surface area contributed by atoms with E-state index in [1.807, 2.05) is 6.07 Å². The second-order valence-electron chi connectivity index (χ2n) is 5.38. The van der Waals surface area contributed by atoms with E-state index in [9.17, 15) is 4.39 Å². The lowest BCUT2D eigenvalue weighted by Crippen LogP contribution is -2.41. The number of nitrogens with zero attached hydrogens (tertiary/aromatic N) is 1. The van der Waals surface area contributed by atoms with E-state index in [1.54, 1.807) is 6.07 Å². The standard InChI is InChI=1S/C15H22BrFN2/c1-12(11-19-7-3-2-4-8-19)18-10-13-9-14(16)5-6-15(13)17/h5-6,9,12,18H,2-4,7-8,10-11H2,1H3. The Kier molecular flexibility index (Phi) is 5.79. The molecule has 19 heavy (non-hydrogen) atoms. The molecule has 0 amide bonds. The number of likely N-dealkylation sites (tertiary alicyclic amines) is 1. The van der Waals surface area contributed by atoms with Crippen molar-refractivity contribution in [1.82, 2.24) is 10.2 Å². The lowest BCUT2D eigenvalue weighted by molar-refractivity contribution is 0.208. The number of halogens is 2. The van der Waals surface area contributed by atoms with Crippen molar-refractivity contribution in [2.75, 3.05) is 19.6 Å². The molecule has 0 saturated carbocycles. The molecule has 1 saturated heterocycles. The van der Waals surface area contributed by atoms with Crippen LogP contribution in [-0.2, 0) is 6.54 Å². The van der Waals surface area contributed by atoms with E-state index in [2.05, 4.69) is 33.1 Å². The van der Waals surface area contributed by atoms with Crippen LogP contribution in [0.2, 0.25) is 0 Å². The minimum absolute atomic E-state index is 0.138. The predicted molar refractivity (Wildman–Crippen MR) is 80.7 cm³/mol. The number of hydrogen-bond donors (Lipinski definition) is 1. The number of piperidine rings is 1. The molecule has 4 heteroatoms. The van der Waals surface area contributed by atoms with E-state index >= 15 is 0 Å². The van der Waals surface area contributed by atoms with Crippen LogP contribution in [0.25, 0.3) is 0 Å². The Labute approximate surface area is 123 Å². The van der Waals surface area contributed by atoms with Gasteiger partial charge < -0.3 is 10.2 Å². The summed E-state index contributed by atoms with van der Waals surface area (Å²) in [5.41, 5.74) is 0.722. The van der Waals surface area contributed by atoms with Gasteiger partial charge in [-0.1, -0.05) is 22.4 Å². The molecule has 1 aromatic rings. The predicted octanol–water partition coefficient (Wildman–Crippen LogP) is 3.55. The van der Waals surface area contributed by atoms with Gasteiger partial charge in [-0.15, -0.1) is 0 Å². The first-order chi connectivity index (χ1) is 9.15. The topological polar surface area (TPSA) is 15.3 Å². The number of benzene rings is 1. The molecule has 1 unspecified atom stereocenters. The molecule has 0 spiro atoms. The highest BCUT2D eigenvalue weighted by Crippen LogP contribution is 2.15. The summed E-state index contributed by atoms with van der Waals surface area (Å²) in [4.78, 5) is 2.50. The smallest absolute Gasteiger partial charge is 0.127 e. The number of nitrogens with one attached hydrogen (secondary N) is 1. The molecule has 2 nitrogen and oxygen atoms in total. The molecule has 1 heterocycles. The van der Waals surface area contributed by atoms with Gasteiger partial charge in [-0.2, -0.15) is 0 Å². The summed E-state index contributed by atoms with van der Waals surface area (Å²) in [7, 11) is 0. The van der Waals surface area contributed by atoms with Gasteiger partial charge in [-0.05, 0) is 51.1 Å². The molecule has 1 N–H and O–H groups in total. The molecule has 0 bridgehead atoms. The third-order valence-corrected chi connectivity index (χ3v) is 4.12. The third kappa shape index (κ3) is 4.86. The van der Waals surface area contributed by atoms with Gasteiger partial charge in [0.1, 0.15) is 5.82 Å². The summed E-state index contributed by atoms with van der Waals surface area (Å²) >= 11 is 3.38. The summed E-state index contributed by atoms with van der Waals surface area (Å²) < 4.78 is 14.5. The first-order valence-electron chi connectivity index (χ1n) is 7.05. The summed E-state index contributed by atoms with van der Waals surface area (Å²) in [6.07, 6.45) is 3.99. The molecule has 0 aromatic heterocycles. The van der Waals surface area contributed by atoms with Gasteiger partial charge in [0.05, 0.1) is 0 Å². The third-order valence-electron chi connectivity index (χ3n) is 3.63. The van der Waals surface area contributed by atoms with Crippen LogP contribution in [0.1, 0.15) is 31.7 Å². The van der Waals surface area contributed by atoms with Gasteiger partial charge in [0.2, 0.25) is 0 Å². The molecular weight excluding hydrogens is 307 g/mol. The van der Waals surface area contributed by atoms with Crippen molar-refractivity contribution in [3.63, 3.8) is 0 Å². The van der Waals surface area contributed by atoms with Crippen molar-refractivity contribution in [3.8, 4) is 0 Å². The number of hydrogen-bond acceptors (Lipinski definition) is 2. The maximum Gasteiger partial charge on any atom is 0.127 e. The van der Waals surface area contributed by atoms with E-state index in [-0.39, 0.29) is 5.82 Å². The second-order valence-corrected chi connectivity index (χ2v) is 6.29. The zero-order chi connectivity index (χ0) is 13.7. The van der Waals surface area contributed by atoms with Gasteiger partial charge >= 0.3 is 0 Å². The summed E-state index contributed by atoms with van der Waals surface area (Å²) in [6, 6.07) is 5.47. The summed E-state index contributed by atoms with van der Waals surface area (Å²) in [5.74, 6) is -0.138. The molecule has 0 radical (unpaired) electrons. The van der Waals surface area contributed by atoms with E-state index in [4.69, 9.17) is 0 Å².